The van der Waals surface area contributed by atoms with Crippen molar-refractivity contribution in [3.8, 4) is 11.5 Å². The summed E-state index contributed by atoms with van der Waals surface area (Å²) in [5.74, 6) is 0.754. The predicted octanol–water partition coefficient (Wildman–Crippen LogP) is 4.14. The van der Waals surface area contributed by atoms with E-state index in [1.807, 2.05) is 43.1 Å². The second-order valence-electron chi connectivity index (χ2n) is 7.45. The van der Waals surface area contributed by atoms with Crippen LogP contribution in [-0.4, -0.2) is 34.5 Å². The van der Waals surface area contributed by atoms with Crippen molar-refractivity contribution in [3.05, 3.63) is 59.3 Å². The van der Waals surface area contributed by atoms with Crippen LogP contribution in [0.4, 0.5) is 10.2 Å². The van der Waals surface area contributed by atoms with E-state index >= 15 is 0 Å². The lowest BCUT2D eigenvalue weighted by molar-refractivity contribution is -0.119. The summed E-state index contributed by atoms with van der Waals surface area (Å²) in [6.45, 7) is 3.50. The smallest absolute Gasteiger partial charge is 0.243 e. The van der Waals surface area contributed by atoms with E-state index < -0.39 is 0 Å². The zero-order valence-electron chi connectivity index (χ0n) is 17.8. The van der Waals surface area contributed by atoms with Gasteiger partial charge in [-0.15, -0.1) is 0 Å². The Hall–Kier alpha value is -3.09. The third-order valence-corrected chi connectivity index (χ3v) is 4.84. The van der Waals surface area contributed by atoms with E-state index in [1.165, 1.54) is 13.0 Å². The number of halogens is 1. The molecule has 0 unspecified atom stereocenters. The van der Waals surface area contributed by atoms with Crippen molar-refractivity contribution in [2.45, 2.75) is 46.0 Å². The molecule has 6 nitrogen and oxygen atoms in total. The van der Waals surface area contributed by atoms with Crippen LogP contribution in [-0.2, 0) is 17.6 Å². The van der Waals surface area contributed by atoms with E-state index in [0.29, 0.717) is 17.2 Å². The molecule has 0 atom stereocenters. The second kappa shape index (κ2) is 10.1. The van der Waals surface area contributed by atoms with Gasteiger partial charge in [-0.25, -0.2) is 14.4 Å². The molecule has 0 saturated carbocycles. The van der Waals surface area contributed by atoms with E-state index in [2.05, 4.69) is 10.3 Å². The van der Waals surface area contributed by atoms with Gasteiger partial charge >= 0.3 is 0 Å². The highest BCUT2D eigenvalue weighted by Crippen LogP contribution is 2.30. The fraction of sp³-hybridized carbons (Fsp3) is 0.391. The molecule has 30 heavy (non-hydrogen) atoms. The second-order valence-corrected chi connectivity index (χ2v) is 7.45. The monoisotopic (exact) mass is 409 g/mol. The standard InChI is InChI=1S/C23H28FN5O/c1-4-5-9-17(14-16(2)24)26-21(30)15-29(3)23-18-10-8-12-19(18)27-22(28-23)20-11-6-7-13-25-20/h6-7,9,11,13-14H,4-5,8,10,12,15H2,1-3H3,(H,26,30)/b16-14+,17-9+. The SMILES string of the molecule is CCC/C=C(\C=C(/C)F)NC(=O)CN(C)c1nc(-c2ccccn2)nc2c1CCC2. The third kappa shape index (κ3) is 5.49. The van der Waals surface area contributed by atoms with Gasteiger partial charge in [0.25, 0.3) is 0 Å². The highest BCUT2D eigenvalue weighted by molar-refractivity contribution is 5.83. The number of aromatic nitrogens is 3. The maximum atomic E-state index is 13.3. The molecular formula is C23H28FN5O. The van der Waals surface area contributed by atoms with Crippen molar-refractivity contribution in [2.24, 2.45) is 0 Å². The molecule has 0 aliphatic heterocycles. The Morgan fingerprint density at radius 3 is 2.83 bits per heavy atom. The van der Waals surface area contributed by atoms with Gasteiger partial charge in [-0.3, -0.25) is 9.78 Å². The van der Waals surface area contributed by atoms with Crippen LogP contribution in [0.15, 0.2) is 48.1 Å². The summed E-state index contributed by atoms with van der Waals surface area (Å²) >= 11 is 0. The van der Waals surface area contributed by atoms with E-state index in [0.717, 1.165) is 49.2 Å². The zero-order valence-corrected chi connectivity index (χ0v) is 17.8. The number of allylic oxidation sites excluding steroid dienone is 3. The summed E-state index contributed by atoms with van der Waals surface area (Å²) < 4.78 is 13.3. The first kappa shape index (κ1) is 21.6. The molecule has 1 N–H and O–H groups in total. The van der Waals surface area contributed by atoms with Gasteiger partial charge in [0, 0.05) is 30.2 Å². The topological polar surface area (TPSA) is 71.0 Å². The van der Waals surface area contributed by atoms with Gasteiger partial charge in [-0.05, 0) is 50.8 Å². The molecule has 0 aromatic carbocycles. The van der Waals surface area contributed by atoms with E-state index in [-0.39, 0.29) is 18.3 Å². The molecule has 7 heteroatoms. The number of carbonyl (C=O) groups is 1. The van der Waals surface area contributed by atoms with Gasteiger partial charge in [0.2, 0.25) is 5.91 Å². The third-order valence-electron chi connectivity index (χ3n) is 4.84. The number of anilines is 1. The molecule has 3 rings (SSSR count). The number of hydrogen-bond acceptors (Lipinski definition) is 5. The molecular weight excluding hydrogens is 381 g/mol. The molecule has 0 spiro atoms. The Kier molecular flexibility index (Phi) is 7.27. The molecule has 1 aliphatic rings. The molecule has 1 aliphatic carbocycles. The summed E-state index contributed by atoms with van der Waals surface area (Å²) in [5.41, 5.74) is 3.30. The summed E-state index contributed by atoms with van der Waals surface area (Å²) in [7, 11) is 1.84. The van der Waals surface area contributed by atoms with Crippen LogP contribution >= 0.6 is 0 Å². The average Bonchev–Trinajstić information content (AvgIpc) is 3.20. The molecule has 0 saturated heterocycles. The zero-order chi connectivity index (χ0) is 21.5. The fourth-order valence-electron chi connectivity index (χ4n) is 3.49. The minimum Gasteiger partial charge on any atom is -0.350 e. The predicted molar refractivity (Wildman–Crippen MR) is 117 cm³/mol. The number of likely N-dealkylation sites (N-methyl/N-ethyl adjacent to an activating group) is 1. The number of amides is 1. The molecule has 2 aromatic rings. The number of rotatable bonds is 8. The molecule has 2 heterocycles. The lowest BCUT2D eigenvalue weighted by Gasteiger charge is -2.21. The largest absolute Gasteiger partial charge is 0.350 e. The number of pyridine rings is 1. The van der Waals surface area contributed by atoms with Crippen molar-refractivity contribution in [3.63, 3.8) is 0 Å². The van der Waals surface area contributed by atoms with Crippen LogP contribution in [0.5, 0.6) is 0 Å². The Bertz CT molecular complexity index is 952. The van der Waals surface area contributed by atoms with Gasteiger partial charge in [-0.1, -0.05) is 25.5 Å². The Morgan fingerprint density at radius 2 is 2.13 bits per heavy atom. The summed E-state index contributed by atoms with van der Waals surface area (Å²) in [5, 5.41) is 2.81. The number of aryl methyl sites for hydroxylation is 1. The quantitative estimate of drug-likeness (QED) is 0.664. The van der Waals surface area contributed by atoms with E-state index in [9.17, 15) is 9.18 Å². The highest BCUT2D eigenvalue weighted by atomic mass is 19.1. The van der Waals surface area contributed by atoms with Crippen molar-refractivity contribution in [2.75, 3.05) is 18.5 Å². The molecule has 1 amide bonds. The molecule has 158 valence electrons. The number of nitrogens with one attached hydrogen (secondary N) is 1. The minimum atomic E-state index is -0.348. The van der Waals surface area contributed by atoms with E-state index in [1.54, 1.807) is 6.20 Å². The van der Waals surface area contributed by atoms with Crippen LogP contribution in [0.3, 0.4) is 0 Å². The lowest BCUT2D eigenvalue weighted by atomic mass is 10.2. The van der Waals surface area contributed by atoms with E-state index in [4.69, 9.17) is 9.97 Å². The highest BCUT2D eigenvalue weighted by Gasteiger charge is 2.23. The first-order valence-corrected chi connectivity index (χ1v) is 10.3. The summed E-state index contributed by atoms with van der Waals surface area (Å²) in [6, 6.07) is 5.63. The van der Waals surface area contributed by atoms with Crippen molar-refractivity contribution < 1.29 is 9.18 Å². The Balaban J connectivity index is 1.81. The van der Waals surface area contributed by atoms with Gasteiger partial charge in [0.15, 0.2) is 5.82 Å². The van der Waals surface area contributed by atoms with Gasteiger partial charge < -0.3 is 10.2 Å². The van der Waals surface area contributed by atoms with Gasteiger partial charge in [0.1, 0.15) is 11.5 Å². The number of fused-ring (bicyclic) bond motifs is 1. The van der Waals surface area contributed by atoms with Crippen LogP contribution in [0.25, 0.3) is 11.5 Å². The van der Waals surface area contributed by atoms with Crippen LogP contribution in [0, 0.1) is 0 Å². The first-order chi connectivity index (χ1) is 14.5. The lowest BCUT2D eigenvalue weighted by Crippen LogP contribution is -2.35. The number of nitrogens with zero attached hydrogens (tertiary/aromatic N) is 4. The van der Waals surface area contributed by atoms with Crippen LogP contribution in [0.2, 0.25) is 0 Å². The van der Waals surface area contributed by atoms with Crippen molar-refractivity contribution in [1.82, 2.24) is 20.3 Å². The fourth-order valence-corrected chi connectivity index (χ4v) is 3.49. The average molecular weight is 410 g/mol. The number of carbonyl (C=O) groups excluding carboxylic acids is 1. The van der Waals surface area contributed by atoms with Gasteiger partial charge in [-0.2, -0.15) is 0 Å². The van der Waals surface area contributed by atoms with Crippen LogP contribution < -0.4 is 10.2 Å². The molecule has 0 fully saturated rings. The summed E-state index contributed by atoms with van der Waals surface area (Å²) in [4.78, 5) is 28.3. The molecule has 0 bridgehead atoms. The van der Waals surface area contributed by atoms with Crippen molar-refractivity contribution in [1.29, 1.82) is 0 Å². The maximum Gasteiger partial charge on any atom is 0.243 e. The number of unbranched alkanes of at least 4 members (excludes halogenated alkanes) is 1. The summed E-state index contributed by atoms with van der Waals surface area (Å²) in [6.07, 6.45) is 9.39. The first-order valence-electron chi connectivity index (χ1n) is 10.3. The maximum absolute atomic E-state index is 13.3. The van der Waals surface area contributed by atoms with Crippen LogP contribution in [0.1, 0.15) is 44.4 Å². The van der Waals surface area contributed by atoms with Crippen molar-refractivity contribution >= 4 is 11.7 Å². The normalized spacial score (nSPS) is 13.9. The van der Waals surface area contributed by atoms with Gasteiger partial charge in [0.05, 0.1) is 12.4 Å². The minimum absolute atomic E-state index is 0.105. The molecule has 0 radical (unpaired) electrons. The molecule has 2 aromatic heterocycles. The number of hydrogen-bond donors (Lipinski definition) is 1. The Labute approximate surface area is 177 Å². The Morgan fingerprint density at radius 1 is 1.30 bits per heavy atom.